The van der Waals surface area contributed by atoms with Gasteiger partial charge in [-0.2, -0.15) is 0 Å². The van der Waals surface area contributed by atoms with Crippen molar-refractivity contribution in [3.05, 3.63) is 16.1 Å². The lowest BCUT2D eigenvalue weighted by Crippen LogP contribution is -2.47. The fourth-order valence-electron chi connectivity index (χ4n) is 2.80. The molecule has 2 aliphatic rings. The van der Waals surface area contributed by atoms with E-state index >= 15 is 0 Å². The minimum Gasteiger partial charge on any atom is -0.310 e. The Balaban J connectivity index is 1.60. The molecule has 2 atom stereocenters. The van der Waals surface area contributed by atoms with Crippen LogP contribution in [0.1, 0.15) is 48.5 Å². The van der Waals surface area contributed by atoms with Crippen molar-refractivity contribution in [2.45, 2.75) is 57.7 Å². The van der Waals surface area contributed by atoms with Crippen LogP contribution in [0, 0.1) is 6.92 Å². The Morgan fingerprint density at radius 2 is 2.22 bits per heavy atom. The highest BCUT2D eigenvalue weighted by atomic mass is 32.1. The molecule has 2 unspecified atom stereocenters. The van der Waals surface area contributed by atoms with Gasteiger partial charge in [-0.1, -0.05) is 0 Å². The van der Waals surface area contributed by atoms with Crippen LogP contribution in [0.25, 0.3) is 0 Å². The molecule has 0 bridgehead atoms. The Kier molecular flexibility index (Phi) is 3.68. The zero-order valence-electron chi connectivity index (χ0n) is 11.4. The molecule has 18 heavy (non-hydrogen) atoms. The Morgan fingerprint density at radius 3 is 2.89 bits per heavy atom. The molecule has 3 rings (SSSR count). The predicted molar refractivity (Wildman–Crippen MR) is 76.0 cm³/mol. The Morgan fingerprint density at radius 1 is 1.39 bits per heavy atom. The molecule has 1 saturated heterocycles. The van der Waals surface area contributed by atoms with Gasteiger partial charge in [-0.15, -0.1) is 11.3 Å². The average Bonchev–Trinajstić information content (AvgIpc) is 3.08. The molecule has 1 saturated carbocycles. The van der Waals surface area contributed by atoms with E-state index in [2.05, 4.69) is 29.0 Å². The van der Waals surface area contributed by atoms with Gasteiger partial charge in [-0.25, -0.2) is 4.98 Å². The van der Waals surface area contributed by atoms with Gasteiger partial charge in [0.25, 0.3) is 0 Å². The maximum atomic E-state index is 4.55. The van der Waals surface area contributed by atoms with Crippen molar-refractivity contribution in [1.82, 2.24) is 15.2 Å². The normalized spacial score (nSPS) is 27.3. The largest absolute Gasteiger partial charge is 0.310 e. The van der Waals surface area contributed by atoms with E-state index in [4.69, 9.17) is 0 Å². The minimum absolute atomic E-state index is 0.479. The molecule has 1 N–H and O–H groups in total. The first-order valence-electron chi connectivity index (χ1n) is 7.15. The molecule has 3 nitrogen and oxygen atoms in total. The van der Waals surface area contributed by atoms with Crippen molar-refractivity contribution >= 4 is 11.3 Å². The zero-order valence-corrected chi connectivity index (χ0v) is 12.2. The molecule has 1 aromatic rings. The predicted octanol–water partition coefficient (Wildman–Crippen LogP) is 2.73. The van der Waals surface area contributed by atoms with E-state index in [-0.39, 0.29) is 0 Å². The average molecular weight is 265 g/mol. The number of hydrogen-bond acceptors (Lipinski definition) is 4. The number of aryl methyl sites for hydroxylation is 1. The zero-order chi connectivity index (χ0) is 12.5. The van der Waals surface area contributed by atoms with Crippen LogP contribution in [0.4, 0.5) is 0 Å². The molecule has 2 fully saturated rings. The molecule has 100 valence electrons. The Labute approximate surface area is 114 Å². The molecule has 0 amide bonds. The SMILES string of the molecule is Cc1cnc(C(C)N2CCCC(NC3CC3)C2)s1. The number of rotatable bonds is 4. The molecule has 2 heterocycles. The molecule has 1 aromatic heterocycles. The molecule has 0 aromatic carbocycles. The third-order valence-corrected chi connectivity index (χ3v) is 5.13. The fourth-order valence-corrected chi connectivity index (χ4v) is 3.66. The lowest BCUT2D eigenvalue weighted by Gasteiger charge is -2.36. The summed E-state index contributed by atoms with van der Waals surface area (Å²) in [5.41, 5.74) is 0. The summed E-state index contributed by atoms with van der Waals surface area (Å²) in [4.78, 5) is 8.47. The number of aromatic nitrogens is 1. The summed E-state index contributed by atoms with van der Waals surface area (Å²) in [6, 6.07) is 2.01. The highest BCUT2D eigenvalue weighted by Crippen LogP contribution is 2.28. The molecular formula is C14H23N3S. The van der Waals surface area contributed by atoms with Crippen LogP contribution in [0.5, 0.6) is 0 Å². The molecule has 0 radical (unpaired) electrons. The Bertz CT molecular complexity index is 399. The van der Waals surface area contributed by atoms with Crippen molar-refractivity contribution in [3.8, 4) is 0 Å². The topological polar surface area (TPSA) is 28.2 Å². The van der Waals surface area contributed by atoms with Crippen LogP contribution in [-0.2, 0) is 0 Å². The van der Waals surface area contributed by atoms with E-state index < -0.39 is 0 Å². The van der Waals surface area contributed by atoms with E-state index in [0.717, 1.165) is 6.04 Å². The van der Waals surface area contributed by atoms with E-state index in [1.807, 2.05) is 17.5 Å². The number of nitrogens with one attached hydrogen (secondary N) is 1. The fraction of sp³-hybridized carbons (Fsp3) is 0.786. The summed E-state index contributed by atoms with van der Waals surface area (Å²) in [5, 5.41) is 5.05. The smallest absolute Gasteiger partial charge is 0.110 e. The molecule has 1 aliphatic heterocycles. The lowest BCUT2D eigenvalue weighted by molar-refractivity contribution is 0.145. The maximum absolute atomic E-state index is 4.55. The van der Waals surface area contributed by atoms with Crippen LogP contribution >= 0.6 is 11.3 Å². The van der Waals surface area contributed by atoms with Crippen LogP contribution in [0.15, 0.2) is 6.20 Å². The summed E-state index contributed by atoms with van der Waals surface area (Å²) in [5.74, 6) is 0. The standard InChI is InChI=1S/C14H23N3S/c1-10-8-15-14(18-10)11(2)17-7-3-4-13(9-17)16-12-5-6-12/h8,11-13,16H,3-7,9H2,1-2H3. The van der Waals surface area contributed by atoms with Crippen LogP contribution in [0.2, 0.25) is 0 Å². The number of piperidine rings is 1. The van der Waals surface area contributed by atoms with Crippen molar-refractivity contribution in [2.75, 3.05) is 13.1 Å². The summed E-state index contributed by atoms with van der Waals surface area (Å²) in [7, 11) is 0. The number of thiazole rings is 1. The second-order valence-electron chi connectivity index (χ2n) is 5.76. The van der Waals surface area contributed by atoms with Gasteiger partial charge in [0, 0.05) is 29.7 Å². The second kappa shape index (κ2) is 5.27. The first-order valence-corrected chi connectivity index (χ1v) is 7.96. The second-order valence-corrected chi connectivity index (χ2v) is 7.03. The highest BCUT2D eigenvalue weighted by molar-refractivity contribution is 7.11. The van der Waals surface area contributed by atoms with Crippen molar-refractivity contribution < 1.29 is 0 Å². The quantitative estimate of drug-likeness (QED) is 0.907. The van der Waals surface area contributed by atoms with E-state index in [1.54, 1.807) is 0 Å². The van der Waals surface area contributed by atoms with Gasteiger partial charge in [-0.3, -0.25) is 4.90 Å². The van der Waals surface area contributed by atoms with Crippen molar-refractivity contribution in [2.24, 2.45) is 0 Å². The highest BCUT2D eigenvalue weighted by Gasteiger charge is 2.29. The number of likely N-dealkylation sites (tertiary alicyclic amines) is 1. The van der Waals surface area contributed by atoms with E-state index in [0.29, 0.717) is 12.1 Å². The molecular weight excluding hydrogens is 242 g/mol. The molecule has 0 spiro atoms. The van der Waals surface area contributed by atoms with Crippen molar-refractivity contribution in [3.63, 3.8) is 0 Å². The minimum atomic E-state index is 0.479. The lowest BCUT2D eigenvalue weighted by atomic mass is 10.0. The van der Waals surface area contributed by atoms with Crippen LogP contribution in [0.3, 0.4) is 0 Å². The van der Waals surface area contributed by atoms with Gasteiger partial charge in [0.1, 0.15) is 5.01 Å². The van der Waals surface area contributed by atoms with E-state index in [9.17, 15) is 0 Å². The van der Waals surface area contributed by atoms with Gasteiger partial charge in [-0.05, 0) is 46.1 Å². The summed E-state index contributed by atoms with van der Waals surface area (Å²) in [6.07, 6.45) is 7.44. The number of nitrogens with zero attached hydrogens (tertiary/aromatic N) is 2. The third kappa shape index (κ3) is 2.92. The summed E-state index contributed by atoms with van der Waals surface area (Å²) >= 11 is 1.84. The van der Waals surface area contributed by atoms with Gasteiger partial charge >= 0.3 is 0 Å². The van der Waals surface area contributed by atoms with E-state index in [1.165, 1.54) is 48.7 Å². The monoisotopic (exact) mass is 265 g/mol. The third-order valence-electron chi connectivity index (χ3n) is 4.05. The van der Waals surface area contributed by atoms with Gasteiger partial charge < -0.3 is 5.32 Å². The Hall–Kier alpha value is -0.450. The van der Waals surface area contributed by atoms with Crippen molar-refractivity contribution in [1.29, 1.82) is 0 Å². The first-order chi connectivity index (χ1) is 8.72. The molecule has 4 heteroatoms. The van der Waals surface area contributed by atoms with Gasteiger partial charge in [0.2, 0.25) is 0 Å². The number of hydrogen-bond donors (Lipinski definition) is 1. The summed E-state index contributed by atoms with van der Waals surface area (Å²) < 4.78 is 0. The maximum Gasteiger partial charge on any atom is 0.110 e. The summed E-state index contributed by atoms with van der Waals surface area (Å²) in [6.45, 7) is 6.86. The van der Waals surface area contributed by atoms with Gasteiger partial charge in [0.05, 0.1) is 6.04 Å². The van der Waals surface area contributed by atoms with Crippen LogP contribution in [-0.4, -0.2) is 35.1 Å². The first kappa shape index (κ1) is 12.6. The van der Waals surface area contributed by atoms with Gasteiger partial charge in [0.15, 0.2) is 0 Å². The molecule has 1 aliphatic carbocycles. The van der Waals surface area contributed by atoms with Crippen LogP contribution < -0.4 is 5.32 Å².